The van der Waals surface area contributed by atoms with E-state index < -0.39 is 10.4 Å². The van der Waals surface area contributed by atoms with Crippen LogP contribution in [0.25, 0.3) is 0 Å². The van der Waals surface area contributed by atoms with Crippen molar-refractivity contribution in [1.82, 2.24) is 0 Å². The fourth-order valence-electron chi connectivity index (χ4n) is 5.75. The minimum Gasteiger partial charge on any atom is -0.726 e. The largest absolute Gasteiger partial charge is 0.726 e. The van der Waals surface area contributed by atoms with Gasteiger partial charge in [0.25, 0.3) is 0 Å². The van der Waals surface area contributed by atoms with Crippen LogP contribution in [0.1, 0.15) is 64.7 Å². The van der Waals surface area contributed by atoms with Gasteiger partial charge in [-0.25, -0.2) is 13.4 Å². The summed E-state index contributed by atoms with van der Waals surface area (Å²) in [6.07, 6.45) is 13.7. The second-order valence-corrected chi connectivity index (χ2v) is 9.42. The maximum absolute atomic E-state index is 10.8. The Labute approximate surface area is 157 Å². The second-order valence-electron chi connectivity index (χ2n) is 8.41. The Morgan fingerprint density at radius 2 is 1.77 bits per heavy atom. The zero-order chi connectivity index (χ0) is 18.6. The summed E-state index contributed by atoms with van der Waals surface area (Å²) in [5.74, 6) is 2.22. The summed E-state index contributed by atoms with van der Waals surface area (Å²) in [4.78, 5) is 2.89. The van der Waals surface area contributed by atoms with E-state index in [0.717, 1.165) is 31.1 Å². The highest BCUT2D eigenvalue weighted by molar-refractivity contribution is 7.80. The summed E-state index contributed by atoms with van der Waals surface area (Å²) >= 11 is 0. The monoisotopic (exact) mass is 381 g/mol. The molecule has 5 atom stereocenters. The lowest BCUT2D eigenvalue weighted by molar-refractivity contribution is -0.377. The molecule has 3 saturated carbocycles. The normalized spacial score (nSPS) is 36.8. The van der Waals surface area contributed by atoms with E-state index in [0.29, 0.717) is 11.3 Å². The SMILES string of the molecule is C[C@@]12CC[C@H](OS(=O)(=O)[O-])C[C@@H]1CC[C@@H]1CCCC[C@H]12.c1cc[nH+]cc1. The van der Waals surface area contributed by atoms with Crippen molar-refractivity contribution in [3.05, 3.63) is 30.6 Å². The lowest BCUT2D eigenvalue weighted by atomic mass is 9.49. The molecule has 0 aliphatic heterocycles. The zero-order valence-corrected chi connectivity index (χ0v) is 16.4. The van der Waals surface area contributed by atoms with E-state index in [-0.39, 0.29) is 6.10 Å². The Balaban J connectivity index is 0.000000278. The van der Waals surface area contributed by atoms with Gasteiger partial charge in [0.15, 0.2) is 12.4 Å². The van der Waals surface area contributed by atoms with Crippen LogP contribution in [0.15, 0.2) is 30.6 Å². The predicted molar refractivity (Wildman–Crippen MR) is 97.7 cm³/mol. The summed E-state index contributed by atoms with van der Waals surface area (Å²) in [6.45, 7) is 2.40. The minimum atomic E-state index is -4.55. The van der Waals surface area contributed by atoms with E-state index in [2.05, 4.69) is 11.9 Å². The van der Waals surface area contributed by atoms with Crippen LogP contribution in [-0.2, 0) is 14.6 Å². The molecule has 1 aromatic heterocycles. The zero-order valence-electron chi connectivity index (χ0n) is 15.6. The average molecular weight is 382 g/mol. The van der Waals surface area contributed by atoms with Gasteiger partial charge in [-0.05, 0) is 61.7 Å². The van der Waals surface area contributed by atoms with E-state index in [1.807, 2.05) is 30.6 Å². The first kappa shape index (κ1) is 19.8. The molecule has 3 aliphatic carbocycles. The molecule has 3 aliphatic rings. The molecular weight excluding hydrogens is 350 g/mol. The number of pyridine rings is 1. The maximum atomic E-state index is 10.8. The smallest absolute Gasteiger partial charge is 0.217 e. The molecule has 146 valence electrons. The van der Waals surface area contributed by atoms with Gasteiger partial charge in [-0.1, -0.05) is 32.3 Å². The lowest BCUT2D eigenvalue weighted by Crippen LogP contribution is -2.49. The first-order chi connectivity index (χ1) is 12.4. The van der Waals surface area contributed by atoms with Crippen LogP contribution in [0, 0.1) is 23.2 Å². The van der Waals surface area contributed by atoms with Crippen LogP contribution in [0.5, 0.6) is 0 Å². The molecule has 4 rings (SSSR count). The fraction of sp³-hybridized carbons (Fsp3) is 0.750. The predicted octanol–water partition coefficient (Wildman–Crippen LogP) is 3.74. The van der Waals surface area contributed by atoms with E-state index >= 15 is 0 Å². The molecule has 0 unspecified atom stereocenters. The molecule has 5 nitrogen and oxygen atoms in total. The van der Waals surface area contributed by atoms with Crippen molar-refractivity contribution in [3.63, 3.8) is 0 Å². The van der Waals surface area contributed by atoms with Gasteiger partial charge in [-0.15, -0.1) is 0 Å². The van der Waals surface area contributed by atoms with Gasteiger partial charge in [0, 0.05) is 12.1 Å². The summed E-state index contributed by atoms with van der Waals surface area (Å²) in [5.41, 5.74) is 0.343. The molecule has 3 fully saturated rings. The highest BCUT2D eigenvalue weighted by Gasteiger charge is 2.51. The van der Waals surface area contributed by atoms with Gasteiger partial charge in [-0.2, -0.15) is 0 Å². The topological polar surface area (TPSA) is 80.6 Å². The van der Waals surface area contributed by atoms with Crippen molar-refractivity contribution in [1.29, 1.82) is 0 Å². The molecule has 6 heteroatoms. The number of H-pyrrole nitrogens is 1. The first-order valence-electron chi connectivity index (χ1n) is 9.94. The molecule has 26 heavy (non-hydrogen) atoms. The minimum absolute atomic E-state index is 0.343. The summed E-state index contributed by atoms with van der Waals surface area (Å²) in [6, 6.07) is 5.86. The summed E-state index contributed by atoms with van der Waals surface area (Å²) < 4.78 is 37.1. The molecule has 0 saturated heterocycles. The van der Waals surface area contributed by atoms with Gasteiger partial charge >= 0.3 is 0 Å². The number of aromatic nitrogens is 1. The Morgan fingerprint density at radius 3 is 2.38 bits per heavy atom. The van der Waals surface area contributed by atoms with Crippen LogP contribution < -0.4 is 4.98 Å². The number of fused-ring (bicyclic) bond motifs is 3. The molecule has 0 spiro atoms. The third-order valence-corrected chi connectivity index (χ3v) is 7.50. The third kappa shape index (κ3) is 4.84. The van der Waals surface area contributed by atoms with Crippen molar-refractivity contribution in [2.24, 2.45) is 23.2 Å². The molecule has 1 heterocycles. The molecule has 0 amide bonds. The van der Waals surface area contributed by atoms with Crippen molar-refractivity contribution < 1.29 is 22.1 Å². The van der Waals surface area contributed by atoms with Crippen LogP contribution in [0.2, 0.25) is 0 Å². The first-order valence-corrected chi connectivity index (χ1v) is 11.3. The van der Waals surface area contributed by atoms with Crippen LogP contribution >= 0.6 is 0 Å². The van der Waals surface area contributed by atoms with E-state index in [4.69, 9.17) is 4.18 Å². The molecule has 0 radical (unpaired) electrons. The Morgan fingerprint density at radius 1 is 1.04 bits per heavy atom. The second kappa shape index (κ2) is 8.36. The average Bonchev–Trinajstić information content (AvgIpc) is 2.63. The molecule has 1 N–H and O–H groups in total. The number of hydrogen-bond donors (Lipinski definition) is 0. The van der Waals surface area contributed by atoms with Crippen LogP contribution in [-0.4, -0.2) is 19.1 Å². The van der Waals surface area contributed by atoms with Crippen LogP contribution in [0.4, 0.5) is 0 Å². The Bertz CT molecular complexity index is 639. The number of rotatable bonds is 2. The van der Waals surface area contributed by atoms with Crippen LogP contribution in [0.3, 0.4) is 0 Å². The number of nitrogens with one attached hydrogen (secondary N) is 1. The Hall–Kier alpha value is -0.980. The van der Waals surface area contributed by atoms with E-state index in [9.17, 15) is 13.0 Å². The highest BCUT2D eigenvalue weighted by Crippen LogP contribution is 2.59. The van der Waals surface area contributed by atoms with Gasteiger partial charge in [0.1, 0.15) is 0 Å². The number of hydrogen-bond acceptors (Lipinski definition) is 4. The van der Waals surface area contributed by atoms with Crippen molar-refractivity contribution in [3.8, 4) is 0 Å². The van der Waals surface area contributed by atoms with Gasteiger partial charge < -0.3 is 4.55 Å². The summed E-state index contributed by atoms with van der Waals surface area (Å²) in [7, 11) is -4.55. The van der Waals surface area contributed by atoms with E-state index in [1.165, 1.54) is 38.5 Å². The molecule has 0 bridgehead atoms. The molecule has 0 aromatic carbocycles. The number of aromatic amines is 1. The Kier molecular flexibility index (Phi) is 6.36. The third-order valence-electron chi connectivity index (χ3n) is 6.99. The molecule has 1 aromatic rings. The fourth-order valence-corrected chi connectivity index (χ4v) is 6.26. The molecular formula is C20H31NO4S. The van der Waals surface area contributed by atoms with Gasteiger partial charge in [0.2, 0.25) is 10.4 Å². The van der Waals surface area contributed by atoms with E-state index in [1.54, 1.807) is 0 Å². The van der Waals surface area contributed by atoms with Crippen molar-refractivity contribution in [2.75, 3.05) is 0 Å². The highest BCUT2D eigenvalue weighted by atomic mass is 32.3. The quantitative estimate of drug-likeness (QED) is 0.577. The van der Waals surface area contributed by atoms with Gasteiger partial charge in [-0.3, -0.25) is 4.18 Å². The summed E-state index contributed by atoms with van der Waals surface area (Å²) in [5, 5.41) is 0. The lowest BCUT2D eigenvalue weighted by Gasteiger charge is -2.56. The van der Waals surface area contributed by atoms with Crippen molar-refractivity contribution >= 4 is 10.4 Å². The van der Waals surface area contributed by atoms with Gasteiger partial charge in [0.05, 0.1) is 6.10 Å². The maximum Gasteiger partial charge on any atom is 0.217 e. The standard InChI is InChI=1S/C15H26O4S.C5H5N/c1-15-9-8-13(19-20(16,17)18)10-12(15)7-6-11-4-2-3-5-14(11)15;1-2-4-6-5-3-1/h11-14H,2-10H2,1H3,(H,16,17,18);1-5H/t11-,12-,13-,14+,15+;/m0./s1. The van der Waals surface area contributed by atoms with Crippen molar-refractivity contribution in [2.45, 2.75) is 70.8 Å².